The number of aliphatic hydroxyl groups is 1. The summed E-state index contributed by atoms with van der Waals surface area (Å²) in [6, 6.07) is 0. The van der Waals surface area contributed by atoms with E-state index in [4.69, 9.17) is 11.3 Å². The lowest BCUT2D eigenvalue weighted by Crippen LogP contribution is -2.23. The number of hydrogen-bond acceptors (Lipinski definition) is 6. The van der Waals surface area contributed by atoms with E-state index in [0.29, 0.717) is 12.3 Å². The van der Waals surface area contributed by atoms with Gasteiger partial charge in [-0.15, -0.1) is 0 Å². The number of nitrogens with one attached hydrogen (secondary N) is 1. The fourth-order valence-corrected chi connectivity index (χ4v) is 2.89. The molecule has 0 radical (unpaired) electrons. The number of hydrogen-bond donors (Lipinski definition) is 2. The van der Waals surface area contributed by atoms with Crippen molar-refractivity contribution in [3.05, 3.63) is 35.8 Å². The molecule has 1 aliphatic rings. The molecule has 0 aromatic carbocycles. The van der Waals surface area contributed by atoms with Crippen LogP contribution in [0.15, 0.2) is 18.6 Å². The first-order chi connectivity index (χ1) is 12.9. The quantitative estimate of drug-likeness (QED) is 0.755. The van der Waals surface area contributed by atoms with Crippen LogP contribution in [0.25, 0.3) is 4.85 Å². The van der Waals surface area contributed by atoms with Crippen molar-refractivity contribution in [3.8, 4) is 5.88 Å². The van der Waals surface area contributed by atoms with Gasteiger partial charge >= 0.3 is 5.66 Å². The third-order valence-corrected chi connectivity index (χ3v) is 4.66. The Morgan fingerprint density at radius 2 is 2.11 bits per heavy atom. The summed E-state index contributed by atoms with van der Waals surface area (Å²) in [4.78, 5) is 11.5. The van der Waals surface area contributed by atoms with Gasteiger partial charge in [0.25, 0.3) is 5.88 Å². The summed E-state index contributed by atoms with van der Waals surface area (Å²) in [7, 11) is 0. The third kappa shape index (κ3) is 4.71. The molecule has 2 aromatic heterocycles. The maximum Gasteiger partial charge on any atom is 0.319 e. The molecule has 2 aromatic rings. The summed E-state index contributed by atoms with van der Waals surface area (Å²) in [5, 5.41) is 16.6. The molecule has 2 N–H and O–H groups in total. The number of nitrogens with zero attached hydrogens (tertiary/aromatic N) is 5. The molecule has 0 unspecified atom stereocenters. The molecule has 0 amide bonds. The molecule has 3 rings (SSSR count). The Bertz CT molecular complexity index is 823. The van der Waals surface area contributed by atoms with Gasteiger partial charge in [-0.3, -0.25) is 4.85 Å². The minimum Gasteiger partial charge on any atom is -0.475 e. The molecule has 144 valence electrons. The Labute approximate surface area is 157 Å². The van der Waals surface area contributed by atoms with Gasteiger partial charge in [-0.25, -0.2) is 11.6 Å². The average molecular weight is 374 g/mol. The number of halogens is 1. The van der Waals surface area contributed by atoms with E-state index in [1.54, 1.807) is 26.2 Å². The van der Waals surface area contributed by atoms with E-state index < -0.39 is 11.5 Å². The van der Waals surface area contributed by atoms with Gasteiger partial charge in [-0.2, -0.15) is 19.2 Å². The van der Waals surface area contributed by atoms with E-state index in [0.717, 1.165) is 31.9 Å². The summed E-state index contributed by atoms with van der Waals surface area (Å²) in [5.41, 5.74) is -0.212. The van der Waals surface area contributed by atoms with Crippen molar-refractivity contribution in [3.63, 3.8) is 0 Å². The molecule has 27 heavy (non-hydrogen) atoms. The number of rotatable bonds is 6. The second-order valence-electron chi connectivity index (χ2n) is 7.24. The van der Waals surface area contributed by atoms with Crippen LogP contribution in [-0.4, -0.2) is 37.6 Å². The van der Waals surface area contributed by atoms with E-state index in [2.05, 4.69) is 25.2 Å². The van der Waals surface area contributed by atoms with Crippen LogP contribution in [0, 0.1) is 18.3 Å². The van der Waals surface area contributed by atoms with Gasteiger partial charge in [-0.1, -0.05) is 0 Å². The molecular weight excluding hydrogens is 351 g/mol. The summed E-state index contributed by atoms with van der Waals surface area (Å²) in [6.07, 6.45) is 7.25. The first-order valence-corrected chi connectivity index (χ1v) is 8.91. The van der Waals surface area contributed by atoms with Crippen LogP contribution in [0.1, 0.15) is 39.5 Å². The van der Waals surface area contributed by atoms with E-state index in [1.165, 1.54) is 4.68 Å². The van der Waals surface area contributed by atoms with Crippen molar-refractivity contribution in [1.82, 2.24) is 19.7 Å². The average Bonchev–Trinajstić information content (AvgIpc) is 3.13. The maximum absolute atomic E-state index is 14.0. The van der Waals surface area contributed by atoms with Gasteiger partial charge in [0.05, 0.1) is 37.0 Å². The van der Waals surface area contributed by atoms with Crippen LogP contribution >= 0.6 is 0 Å². The minimum atomic E-state index is -0.800. The largest absolute Gasteiger partial charge is 0.475 e. The fraction of sp³-hybridized carbons (Fsp3) is 0.556. The Hall–Kier alpha value is -2.73. The molecule has 0 bridgehead atoms. The highest BCUT2D eigenvalue weighted by atomic mass is 19.1. The van der Waals surface area contributed by atoms with Crippen molar-refractivity contribution >= 4 is 11.6 Å². The molecule has 9 heteroatoms. The van der Waals surface area contributed by atoms with Crippen molar-refractivity contribution < 1.29 is 14.2 Å². The zero-order chi connectivity index (χ0) is 19.4. The molecule has 0 spiro atoms. The lowest BCUT2D eigenvalue weighted by atomic mass is 9.88. The van der Waals surface area contributed by atoms with Gasteiger partial charge in [-0.05, 0) is 31.6 Å². The van der Waals surface area contributed by atoms with Gasteiger partial charge in [0.15, 0.2) is 0 Å². The van der Waals surface area contributed by atoms with Gasteiger partial charge < -0.3 is 15.2 Å². The summed E-state index contributed by atoms with van der Waals surface area (Å²) >= 11 is 0. The van der Waals surface area contributed by atoms with Gasteiger partial charge in [0.2, 0.25) is 11.8 Å². The first-order valence-electron chi connectivity index (χ1n) is 8.91. The molecule has 0 aliphatic heterocycles. The second kappa shape index (κ2) is 7.88. The minimum absolute atomic E-state index is 0.104. The molecule has 1 fully saturated rings. The molecule has 1 saturated carbocycles. The second-order valence-corrected chi connectivity index (χ2v) is 7.24. The van der Waals surface area contributed by atoms with Crippen LogP contribution in [0.4, 0.5) is 16.0 Å². The summed E-state index contributed by atoms with van der Waals surface area (Å²) < 4.78 is 21.1. The van der Waals surface area contributed by atoms with Crippen molar-refractivity contribution in [2.24, 2.45) is 5.92 Å². The highest BCUT2D eigenvalue weighted by molar-refractivity contribution is 5.50. The topological polar surface area (TPSA) is 89.5 Å². The lowest BCUT2D eigenvalue weighted by Gasteiger charge is -2.25. The Kier molecular flexibility index (Phi) is 5.56. The summed E-state index contributed by atoms with van der Waals surface area (Å²) in [5.74, 6) is -0.257. The molecule has 0 saturated heterocycles. The summed E-state index contributed by atoms with van der Waals surface area (Å²) in [6.45, 7) is 11.1. The predicted octanol–water partition coefficient (Wildman–Crippen LogP) is 3.10. The van der Waals surface area contributed by atoms with Crippen molar-refractivity contribution in [2.75, 3.05) is 11.9 Å². The van der Waals surface area contributed by atoms with Crippen LogP contribution in [0.2, 0.25) is 0 Å². The highest BCUT2D eigenvalue weighted by Crippen LogP contribution is 2.26. The van der Waals surface area contributed by atoms with Gasteiger partial charge in [0, 0.05) is 13.8 Å². The highest BCUT2D eigenvalue weighted by Gasteiger charge is 2.26. The van der Waals surface area contributed by atoms with Gasteiger partial charge in [0.1, 0.15) is 0 Å². The molecule has 8 nitrogen and oxygen atoms in total. The van der Waals surface area contributed by atoms with E-state index in [9.17, 15) is 9.50 Å². The van der Waals surface area contributed by atoms with Crippen LogP contribution in [0.5, 0.6) is 5.88 Å². The SMILES string of the molecule is [C-]#[N+]C(C)(C)n1cc(Nc2ncc(F)c(OCC3CCC(O)CC3)n2)cn1. The maximum atomic E-state index is 14.0. The monoisotopic (exact) mass is 374 g/mol. The smallest absolute Gasteiger partial charge is 0.319 e. The zero-order valence-corrected chi connectivity index (χ0v) is 15.4. The van der Waals surface area contributed by atoms with Crippen molar-refractivity contribution in [1.29, 1.82) is 0 Å². The first kappa shape index (κ1) is 19.0. The molecule has 0 atom stereocenters. The normalized spacial score (nSPS) is 20.1. The Balaban J connectivity index is 1.64. The van der Waals surface area contributed by atoms with Crippen molar-refractivity contribution in [2.45, 2.75) is 51.3 Å². The lowest BCUT2D eigenvalue weighted by molar-refractivity contribution is 0.0899. The standard InChI is InChI=1S/C18H23FN6O2/c1-18(2,20-3)25-10-13(8-22-25)23-17-21-9-15(19)16(24-17)27-11-12-4-6-14(26)7-5-12/h8-10,12,14,26H,4-7,11H2,1-2H3,(H,21,23,24). The molecule has 1 aliphatic carbocycles. The zero-order valence-electron chi connectivity index (χ0n) is 15.4. The molecular formula is C18H23FN6O2. The number of aliphatic hydroxyl groups excluding tert-OH is 1. The van der Waals surface area contributed by atoms with E-state index in [-0.39, 0.29) is 23.9 Å². The number of anilines is 2. The van der Waals surface area contributed by atoms with Crippen LogP contribution < -0.4 is 10.1 Å². The predicted molar refractivity (Wildman–Crippen MR) is 96.9 cm³/mol. The van der Waals surface area contributed by atoms with Crippen LogP contribution in [0.3, 0.4) is 0 Å². The number of ether oxygens (including phenoxy) is 1. The Morgan fingerprint density at radius 1 is 1.37 bits per heavy atom. The third-order valence-electron chi connectivity index (χ3n) is 4.66. The Morgan fingerprint density at radius 3 is 2.81 bits per heavy atom. The molecule has 2 heterocycles. The number of aromatic nitrogens is 4. The van der Waals surface area contributed by atoms with E-state index in [1.807, 2.05) is 0 Å². The van der Waals surface area contributed by atoms with E-state index >= 15 is 0 Å². The van der Waals surface area contributed by atoms with Crippen LogP contribution in [-0.2, 0) is 5.66 Å². The fourth-order valence-electron chi connectivity index (χ4n) is 2.89.